The van der Waals surface area contributed by atoms with Crippen LogP contribution in [0.3, 0.4) is 0 Å². The molecular formula is C16H12F3NO2. The predicted molar refractivity (Wildman–Crippen MR) is 74.6 cm³/mol. The highest BCUT2D eigenvalue weighted by Crippen LogP contribution is 2.37. The number of hydrogen-bond acceptors (Lipinski definition) is 3. The SMILES string of the molecule is Nc1ccc2c(c1)C(=O)CC(c1ccc(C(F)(F)F)cc1)O2. The third-order valence-corrected chi connectivity index (χ3v) is 3.55. The van der Waals surface area contributed by atoms with Crippen LogP contribution in [0.2, 0.25) is 0 Å². The molecule has 114 valence electrons. The molecule has 0 radical (unpaired) electrons. The number of carbonyl (C=O) groups is 1. The van der Waals surface area contributed by atoms with Gasteiger partial charge in [0.2, 0.25) is 0 Å². The zero-order valence-electron chi connectivity index (χ0n) is 11.4. The van der Waals surface area contributed by atoms with Gasteiger partial charge >= 0.3 is 6.18 Å². The molecule has 2 aromatic carbocycles. The van der Waals surface area contributed by atoms with Gasteiger partial charge in [-0.05, 0) is 35.9 Å². The number of benzene rings is 2. The molecule has 0 saturated heterocycles. The average Bonchev–Trinajstić information content (AvgIpc) is 2.47. The van der Waals surface area contributed by atoms with Crippen molar-refractivity contribution in [3.05, 3.63) is 59.2 Å². The van der Waals surface area contributed by atoms with Crippen LogP contribution in [0.4, 0.5) is 18.9 Å². The van der Waals surface area contributed by atoms with E-state index in [1.807, 2.05) is 0 Å². The second-order valence-electron chi connectivity index (χ2n) is 5.11. The number of nitrogens with two attached hydrogens (primary N) is 1. The Kier molecular flexibility index (Phi) is 3.31. The fraction of sp³-hybridized carbons (Fsp3) is 0.188. The maximum atomic E-state index is 12.6. The standard InChI is InChI=1S/C16H12F3NO2/c17-16(18,19)10-3-1-9(2-4-10)15-8-13(21)12-7-11(20)5-6-14(12)22-15/h1-7,15H,8,20H2. The zero-order valence-corrected chi connectivity index (χ0v) is 11.4. The molecule has 0 bridgehead atoms. The molecule has 1 aliphatic heterocycles. The van der Waals surface area contributed by atoms with Gasteiger partial charge in [0.1, 0.15) is 11.9 Å². The molecule has 0 saturated carbocycles. The topological polar surface area (TPSA) is 52.3 Å². The second kappa shape index (κ2) is 5.05. The number of halogens is 3. The van der Waals surface area contributed by atoms with Gasteiger partial charge in [0.25, 0.3) is 0 Å². The molecule has 3 nitrogen and oxygen atoms in total. The molecule has 0 spiro atoms. The number of hydrogen-bond donors (Lipinski definition) is 1. The summed E-state index contributed by atoms with van der Waals surface area (Å²) in [4.78, 5) is 12.1. The Morgan fingerprint density at radius 2 is 1.77 bits per heavy atom. The van der Waals surface area contributed by atoms with Crippen molar-refractivity contribution in [1.29, 1.82) is 0 Å². The van der Waals surface area contributed by atoms with E-state index in [9.17, 15) is 18.0 Å². The highest BCUT2D eigenvalue weighted by Gasteiger charge is 2.32. The van der Waals surface area contributed by atoms with Crippen molar-refractivity contribution >= 4 is 11.5 Å². The van der Waals surface area contributed by atoms with Gasteiger partial charge in [-0.2, -0.15) is 13.2 Å². The maximum absolute atomic E-state index is 12.6. The van der Waals surface area contributed by atoms with Crippen molar-refractivity contribution in [2.45, 2.75) is 18.7 Å². The third-order valence-electron chi connectivity index (χ3n) is 3.55. The number of carbonyl (C=O) groups excluding carboxylic acids is 1. The Morgan fingerprint density at radius 1 is 1.09 bits per heavy atom. The Bertz CT molecular complexity index is 723. The van der Waals surface area contributed by atoms with E-state index in [1.165, 1.54) is 12.1 Å². The van der Waals surface area contributed by atoms with Crippen LogP contribution < -0.4 is 10.5 Å². The first kappa shape index (κ1) is 14.4. The van der Waals surface area contributed by atoms with E-state index in [0.717, 1.165) is 12.1 Å². The minimum Gasteiger partial charge on any atom is -0.484 e. The monoisotopic (exact) mass is 307 g/mol. The fourth-order valence-electron chi connectivity index (χ4n) is 2.41. The van der Waals surface area contributed by atoms with Gasteiger partial charge in [-0.3, -0.25) is 4.79 Å². The third kappa shape index (κ3) is 2.64. The largest absolute Gasteiger partial charge is 0.484 e. The van der Waals surface area contributed by atoms with Crippen molar-refractivity contribution in [3.63, 3.8) is 0 Å². The number of nitrogen functional groups attached to an aromatic ring is 1. The number of ketones is 1. The van der Waals surface area contributed by atoms with Crippen LogP contribution in [-0.4, -0.2) is 5.78 Å². The number of anilines is 1. The molecule has 0 amide bonds. The van der Waals surface area contributed by atoms with Crippen LogP contribution in [0.5, 0.6) is 5.75 Å². The average molecular weight is 307 g/mol. The van der Waals surface area contributed by atoms with Gasteiger partial charge in [-0.25, -0.2) is 0 Å². The number of fused-ring (bicyclic) bond motifs is 1. The van der Waals surface area contributed by atoms with Crippen molar-refractivity contribution in [2.24, 2.45) is 0 Å². The lowest BCUT2D eigenvalue weighted by Crippen LogP contribution is -2.20. The van der Waals surface area contributed by atoms with Gasteiger partial charge in [0, 0.05) is 5.69 Å². The molecular weight excluding hydrogens is 295 g/mol. The van der Waals surface area contributed by atoms with E-state index >= 15 is 0 Å². The fourth-order valence-corrected chi connectivity index (χ4v) is 2.41. The molecule has 6 heteroatoms. The van der Waals surface area contributed by atoms with Crippen molar-refractivity contribution in [3.8, 4) is 5.75 Å². The lowest BCUT2D eigenvalue weighted by Gasteiger charge is -2.26. The summed E-state index contributed by atoms with van der Waals surface area (Å²) in [6, 6.07) is 9.40. The molecule has 22 heavy (non-hydrogen) atoms. The maximum Gasteiger partial charge on any atom is 0.416 e. The van der Waals surface area contributed by atoms with E-state index in [4.69, 9.17) is 10.5 Å². The Hall–Kier alpha value is -2.50. The number of ether oxygens (including phenoxy) is 1. The van der Waals surface area contributed by atoms with Crippen molar-refractivity contribution in [1.82, 2.24) is 0 Å². The van der Waals surface area contributed by atoms with Gasteiger partial charge in [0.05, 0.1) is 17.5 Å². The Morgan fingerprint density at radius 3 is 2.41 bits per heavy atom. The van der Waals surface area contributed by atoms with Crippen LogP contribution in [0.15, 0.2) is 42.5 Å². The molecule has 3 rings (SSSR count). The van der Waals surface area contributed by atoms with E-state index in [1.54, 1.807) is 18.2 Å². The first-order valence-electron chi connectivity index (χ1n) is 6.61. The summed E-state index contributed by atoms with van der Waals surface area (Å²) < 4.78 is 43.4. The molecule has 2 N–H and O–H groups in total. The summed E-state index contributed by atoms with van der Waals surface area (Å²) in [6.45, 7) is 0. The summed E-state index contributed by atoms with van der Waals surface area (Å²) >= 11 is 0. The summed E-state index contributed by atoms with van der Waals surface area (Å²) in [7, 11) is 0. The normalized spacial score (nSPS) is 17.8. The van der Waals surface area contributed by atoms with Gasteiger partial charge in [-0.1, -0.05) is 12.1 Å². The summed E-state index contributed by atoms with van der Waals surface area (Å²) in [5.41, 5.74) is 6.30. The van der Waals surface area contributed by atoms with Crippen molar-refractivity contribution in [2.75, 3.05) is 5.73 Å². The zero-order chi connectivity index (χ0) is 15.9. The Balaban J connectivity index is 1.88. The lowest BCUT2D eigenvalue weighted by molar-refractivity contribution is -0.137. The summed E-state index contributed by atoms with van der Waals surface area (Å²) in [6.07, 6.45) is -4.90. The molecule has 0 aromatic heterocycles. The van der Waals surface area contributed by atoms with E-state index in [-0.39, 0.29) is 12.2 Å². The van der Waals surface area contributed by atoms with Crippen LogP contribution in [0, 0.1) is 0 Å². The van der Waals surface area contributed by atoms with Crippen LogP contribution >= 0.6 is 0 Å². The lowest BCUT2D eigenvalue weighted by atomic mass is 9.95. The highest BCUT2D eigenvalue weighted by molar-refractivity contribution is 6.00. The second-order valence-corrected chi connectivity index (χ2v) is 5.11. The van der Waals surface area contributed by atoms with Crippen LogP contribution in [-0.2, 0) is 6.18 Å². The summed E-state index contributed by atoms with van der Waals surface area (Å²) in [5, 5.41) is 0. The first-order valence-corrected chi connectivity index (χ1v) is 6.61. The van der Waals surface area contributed by atoms with Crippen molar-refractivity contribution < 1.29 is 22.7 Å². The number of alkyl halides is 3. The molecule has 0 aliphatic carbocycles. The van der Waals surface area contributed by atoms with Gasteiger partial charge in [-0.15, -0.1) is 0 Å². The highest BCUT2D eigenvalue weighted by atomic mass is 19.4. The van der Waals surface area contributed by atoms with E-state index in [2.05, 4.69) is 0 Å². The molecule has 1 heterocycles. The molecule has 1 aliphatic rings. The van der Waals surface area contributed by atoms with Gasteiger partial charge in [0.15, 0.2) is 5.78 Å². The summed E-state index contributed by atoms with van der Waals surface area (Å²) in [5.74, 6) is 0.258. The van der Waals surface area contributed by atoms with Crippen LogP contribution in [0.1, 0.15) is 34.0 Å². The quantitative estimate of drug-likeness (QED) is 0.810. The smallest absolute Gasteiger partial charge is 0.416 e. The first-order chi connectivity index (χ1) is 10.3. The van der Waals surface area contributed by atoms with Crippen LogP contribution in [0.25, 0.3) is 0 Å². The minimum atomic E-state index is -4.38. The predicted octanol–water partition coefficient (Wildman–Crippen LogP) is 3.99. The van der Waals surface area contributed by atoms with Gasteiger partial charge < -0.3 is 10.5 Å². The molecule has 1 unspecified atom stereocenters. The van der Waals surface area contributed by atoms with E-state index in [0.29, 0.717) is 22.6 Å². The molecule has 1 atom stereocenters. The minimum absolute atomic E-state index is 0.0712. The number of rotatable bonds is 1. The molecule has 2 aromatic rings. The Labute approximate surface area is 124 Å². The number of Topliss-reactive ketones (excluding diaryl/α,β-unsaturated/α-hetero) is 1. The molecule has 0 fully saturated rings. The van der Waals surface area contributed by atoms with E-state index < -0.39 is 17.8 Å².